The molecule has 1 aliphatic rings. The molecule has 7 nitrogen and oxygen atoms in total. The monoisotopic (exact) mass is 383 g/mol. The van der Waals surface area contributed by atoms with E-state index in [1.54, 1.807) is 19.2 Å². The van der Waals surface area contributed by atoms with Gasteiger partial charge in [0.2, 0.25) is 5.91 Å². The van der Waals surface area contributed by atoms with E-state index in [0.29, 0.717) is 23.0 Å². The Morgan fingerprint density at radius 2 is 2.18 bits per heavy atom. The highest BCUT2D eigenvalue weighted by molar-refractivity contribution is 6.17. The zero-order valence-electron chi connectivity index (χ0n) is 16.8. The summed E-state index contributed by atoms with van der Waals surface area (Å²) in [4.78, 5) is 31.4. The molecule has 2 amide bonds. The second kappa shape index (κ2) is 9.94. The molecule has 1 saturated heterocycles. The lowest BCUT2D eigenvalue weighted by atomic mass is 10.1. The first kappa shape index (κ1) is 21.5. The minimum atomic E-state index is -0.427. The average Bonchev–Trinajstić information content (AvgIpc) is 3.10. The second-order valence-electron chi connectivity index (χ2n) is 7.44. The van der Waals surface area contributed by atoms with E-state index in [1.165, 1.54) is 12.2 Å². The number of hydrogen-bond donors (Lipinski definition) is 3. The van der Waals surface area contributed by atoms with Crippen molar-refractivity contribution in [1.29, 1.82) is 5.41 Å². The Balaban J connectivity index is 2.04. The van der Waals surface area contributed by atoms with Gasteiger partial charge in [0.05, 0.1) is 34.8 Å². The van der Waals surface area contributed by atoms with Crippen molar-refractivity contribution >= 4 is 29.4 Å². The van der Waals surface area contributed by atoms with Crippen LogP contribution in [0.3, 0.4) is 0 Å². The van der Waals surface area contributed by atoms with Gasteiger partial charge in [-0.1, -0.05) is 26.5 Å². The van der Waals surface area contributed by atoms with E-state index in [0.717, 1.165) is 32.3 Å². The van der Waals surface area contributed by atoms with Crippen LogP contribution in [0.25, 0.3) is 0 Å². The largest absolute Gasteiger partial charge is 0.324 e. The highest BCUT2D eigenvalue weighted by Crippen LogP contribution is 2.22. The van der Waals surface area contributed by atoms with Gasteiger partial charge in [-0.2, -0.15) is 0 Å². The number of amides is 2. The number of hydrogen-bond acceptors (Lipinski definition) is 5. The molecule has 0 bridgehead atoms. The molecule has 0 aromatic carbocycles. The van der Waals surface area contributed by atoms with Gasteiger partial charge in [-0.3, -0.25) is 14.6 Å². The predicted octanol–water partition coefficient (Wildman–Crippen LogP) is 3.01. The summed E-state index contributed by atoms with van der Waals surface area (Å²) < 4.78 is 0. The fourth-order valence-corrected chi connectivity index (χ4v) is 3.21. The highest BCUT2D eigenvalue weighted by atomic mass is 16.2. The Labute approximate surface area is 166 Å². The number of aromatic nitrogens is 1. The topological polar surface area (TPSA) is 98.2 Å². The van der Waals surface area contributed by atoms with Crippen molar-refractivity contribution in [2.75, 3.05) is 30.3 Å². The van der Waals surface area contributed by atoms with Crippen LogP contribution in [-0.4, -0.2) is 47.5 Å². The number of nitrogens with one attached hydrogen (secondary N) is 3. The third-order valence-electron chi connectivity index (χ3n) is 4.58. The Bertz CT molecular complexity index is 785. The number of likely N-dealkylation sites (tertiary alicyclic amines) is 1. The van der Waals surface area contributed by atoms with Crippen LogP contribution in [0.15, 0.2) is 36.6 Å². The molecule has 0 spiro atoms. The molecule has 0 aliphatic carbocycles. The number of rotatable bonds is 8. The van der Waals surface area contributed by atoms with Gasteiger partial charge in [0.1, 0.15) is 0 Å². The van der Waals surface area contributed by atoms with Gasteiger partial charge in [0, 0.05) is 19.3 Å². The van der Waals surface area contributed by atoms with E-state index < -0.39 is 5.91 Å². The fourth-order valence-electron chi connectivity index (χ4n) is 3.21. The minimum absolute atomic E-state index is 0.0269. The summed E-state index contributed by atoms with van der Waals surface area (Å²) in [6.45, 7) is 12.4. The molecular formula is C21H29N5O2. The summed E-state index contributed by atoms with van der Waals surface area (Å²) in [7, 11) is 0. The zero-order valence-corrected chi connectivity index (χ0v) is 16.8. The maximum atomic E-state index is 12.6. The van der Waals surface area contributed by atoms with Gasteiger partial charge in [-0.25, -0.2) is 0 Å². The van der Waals surface area contributed by atoms with E-state index in [4.69, 9.17) is 5.41 Å². The quantitative estimate of drug-likeness (QED) is 0.365. The summed E-state index contributed by atoms with van der Waals surface area (Å²) in [6.07, 6.45) is 6.30. The van der Waals surface area contributed by atoms with Crippen molar-refractivity contribution in [2.45, 2.75) is 27.2 Å². The zero-order chi connectivity index (χ0) is 20.7. The van der Waals surface area contributed by atoms with Gasteiger partial charge in [0.25, 0.3) is 5.91 Å². The fraction of sp³-hybridized carbons (Fsp3) is 0.429. The lowest BCUT2D eigenvalue weighted by Gasteiger charge is -2.18. The van der Waals surface area contributed by atoms with E-state index in [9.17, 15) is 9.59 Å². The lowest BCUT2D eigenvalue weighted by Crippen LogP contribution is -2.29. The molecule has 2 rings (SSSR count). The third-order valence-corrected chi connectivity index (χ3v) is 4.58. The van der Waals surface area contributed by atoms with Crippen molar-refractivity contribution < 1.29 is 9.59 Å². The van der Waals surface area contributed by atoms with Crippen LogP contribution in [0, 0.1) is 24.2 Å². The van der Waals surface area contributed by atoms with E-state index in [1.807, 2.05) is 0 Å². The van der Waals surface area contributed by atoms with Gasteiger partial charge in [-0.15, -0.1) is 0 Å². The van der Waals surface area contributed by atoms with Gasteiger partial charge in [-0.05, 0) is 37.9 Å². The summed E-state index contributed by atoms with van der Waals surface area (Å²) in [5.74, 6) is 0.0812. The first-order chi connectivity index (χ1) is 13.3. The van der Waals surface area contributed by atoms with Crippen molar-refractivity contribution in [3.05, 3.63) is 42.3 Å². The van der Waals surface area contributed by atoms with Crippen LogP contribution in [0.2, 0.25) is 0 Å². The molecule has 28 heavy (non-hydrogen) atoms. The number of aryl methyl sites for hydroxylation is 1. The first-order valence-electron chi connectivity index (χ1n) is 9.48. The highest BCUT2D eigenvalue weighted by Gasteiger charge is 2.28. The van der Waals surface area contributed by atoms with E-state index in [2.05, 4.69) is 40.9 Å². The Kier molecular flexibility index (Phi) is 7.63. The number of anilines is 2. The Morgan fingerprint density at radius 3 is 2.82 bits per heavy atom. The maximum Gasteiger partial charge on any atom is 0.257 e. The summed E-state index contributed by atoms with van der Waals surface area (Å²) in [5, 5.41) is 13.0. The summed E-state index contributed by atoms with van der Waals surface area (Å²) in [5.41, 5.74) is 1.84. The minimum Gasteiger partial charge on any atom is -0.324 e. The van der Waals surface area contributed by atoms with Crippen LogP contribution < -0.4 is 10.6 Å². The Hall–Kier alpha value is -2.80. The van der Waals surface area contributed by atoms with Crippen molar-refractivity contribution in [2.24, 2.45) is 11.8 Å². The van der Waals surface area contributed by atoms with Crippen molar-refractivity contribution in [3.8, 4) is 0 Å². The molecule has 1 aliphatic heterocycles. The molecule has 3 N–H and O–H groups in total. The molecule has 0 radical (unpaired) electrons. The van der Waals surface area contributed by atoms with Crippen LogP contribution >= 0.6 is 0 Å². The van der Waals surface area contributed by atoms with Gasteiger partial charge < -0.3 is 20.9 Å². The molecule has 1 aromatic rings. The number of pyridine rings is 1. The standard InChI is InChI=1S/C21H29N5O2/c1-5-6-16(10-22)20(27)25-19-9-18(11-23-15(19)4)24-21(28)17-7-8-26(13-17)12-14(2)3/h5-6,9-11,14,17,22H,1,7-8,12-13H2,2-4H3,(H,24,28)(H,25,27). The maximum absolute atomic E-state index is 12.6. The van der Waals surface area contributed by atoms with Crippen molar-refractivity contribution in [1.82, 2.24) is 9.88 Å². The van der Waals surface area contributed by atoms with Gasteiger partial charge >= 0.3 is 0 Å². The predicted molar refractivity (Wildman–Crippen MR) is 113 cm³/mol. The SMILES string of the molecule is C=CC=C(C=N)C(=O)Nc1cc(NC(=O)C2CCN(CC(C)C)C2)cnc1C. The van der Waals surface area contributed by atoms with E-state index >= 15 is 0 Å². The third kappa shape index (κ3) is 5.85. The molecule has 1 fully saturated rings. The van der Waals surface area contributed by atoms with Crippen molar-refractivity contribution in [3.63, 3.8) is 0 Å². The Morgan fingerprint density at radius 1 is 1.43 bits per heavy atom. The number of allylic oxidation sites excluding steroid dienone is 2. The molecule has 0 saturated carbocycles. The lowest BCUT2D eigenvalue weighted by molar-refractivity contribution is -0.119. The number of nitrogens with zero attached hydrogens (tertiary/aromatic N) is 2. The van der Waals surface area contributed by atoms with Crippen LogP contribution in [0.1, 0.15) is 26.0 Å². The van der Waals surface area contributed by atoms with Gasteiger partial charge in [0.15, 0.2) is 0 Å². The smallest absolute Gasteiger partial charge is 0.257 e. The molecular weight excluding hydrogens is 354 g/mol. The molecule has 150 valence electrons. The number of carbonyl (C=O) groups is 2. The average molecular weight is 383 g/mol. The molecule has 7 heteroatoms. The van der Waals surface area contributed by atoms with Crippen LogP contribution in [0.5, 0.6) is 0 Å². The normalized spacial score (nSPS) is 17.4. The molecule has 1 aromatic heterocycles. The van der Waals surface area contributed by atoms with E-state index in [-0.39, 0.29) is 17.4 Å². The molecule has 1 unspecified atom stereocenters. The van der Waals surface area contributed by atoms with Crippen LogP contribution in [0.4, 0.5) is 11.4 Å². The number of carbonyl (C=O) groups excluding carboxylic acids is 2. The molecule has 1 atom stereocenters. The summed E-state index contributed by atoms with van der Waals surface area (Å²) >= 11 is 0. The molecule has 2 heterocycles. The van der Waals surface area contributed by atoms with Crippen LogP contribution in [-0.2, 0) is 9.59 Å². The first-order valence-corrected chi connectivity index (χ1v) is 9.48. The summed E-state index contributed by atoms with van der Waals surface area (Å²) in [6, 6.07) is 1.69. The second-order valence-corrected chi connectivity index (χ2v) is 7.44.